The van der Waals surface area contributed by atoms with Crippen LogP contribution in [0.15, 0.2) is 0 Å². The molecule has 0 fully saturated rings. The van der Waals surface area contributed by atoms with Crippen molar-refractivity contribution in [2.24, 2.45) is 7.05 Å². The SMILES string of the molecule is Cc1nn(C)c(NOCC(=O)O)c1[N+](=O)[O-]. The van der Waals surface area contributed by atoms with Gasteiger partial charge < -0.3 is 5.11 Å². The summed E-state index contributed by atoms with van der Waals surface area (Å²) in [6.07, 6.45) is 0. The number of rotatable bonds is 5. The van der Waals surface area contributed by atoms with Gasteiger partial charge in [-0.1, -0.05) is 0 Å². The minimum absolute atomic E-state index is 0.00347. The molecule has 0 spiro atoms. The Hall–Kier alpha value is -2.16. The number of aliphatic carboxylic acids is 1. The smallest absolute Gasteiger partial charge is 0.335 e. The molecule has 9 heteroatoms. The third-order valence-electron chi connectivity index (χ3n) is 1.74. The zero-order chi connectivity index (χ0) is 12.3. The van der Waals surface area contributed by atoms with Gasteiger partial charge in [0.1, 0.15) is 5.69 Å². The number of aromatic nitrogens is 2. The molecule has 0 atom stereocenters. The van der Waals surface area contributed by atoms with E-state index in [-0.39, 0.29) is 17.2 Å². The van der Waals surface area contributed by atoms with Gasteiger partial charge in [-0.05, 0) is 6.92 Å². The molecule has 0 aliphatic heterocycles. The van der Waals surface area contributed by atoms with Gasteiger partial charge in [-0.15, -0.1) is 0 Å². The van der Waals surface area contributed by atoms with Crippen molar-refractivity contribution < 1.29 is 19.7 Å². The van der Waals surface area contributed by atoms with Gasteiger partial charge in [0.15, 0.2) is 6.61 Å². The Bertz CT molecular complexity index is 427. The van der Waals surface area contributed by atoms with Crippen molar-refractivity contribution in [3.63, 3.8) is 0 Å². The van der Waals surface area contributed by atoms with E-state index in [1.807, 2.05) is 0 Å². The highest BCUT2D eigenvalue weighted by atomic mass is 16.7. The number of carboxylic acid groups (broad SMARTS) is 1. The average Bonchev–Trinajstić information content (AvgIpc) is 2.40. The van der Waals surface area contributed by atoms with Gasteiger partial charge in [0, 0.05) is 7.05 Å². The van der Waals surface area contributed by atoms with Crippen LogP contribution in [0.1, 0.15) is 5.69 Å². The first kappa shape index (κ1) is 11.9. The summed E-state index contributed by atoms with van der Waals surface area (Å²) < 4.78 is 1.20. The summed E-state index contributed by atoms with van der Waals surface area (Å²) in [4.78, 5) is 24.8. The van der Waals surface area contributed by atoms with E-state index >= 15 is 0 Å². The Morgan fingerprint density at radius 3 is 2.88 bits per heavy atom. The first-order chi connectivity index (χ1) is 7.43. The van der Waals surface area contributed by atoms with E-state index in [4.69, 9.17) is 5.11 Å². The second-order valence-corrected chi connectivity index (χ2v) is 2.95. The molecular weight excluding hydrogens is 220 g/mol. The molecule has 1 aromatic heterocycles. The largest absolute Gasteiger partial charge is 0.479 e. The van der Waals surface area contributed by atoms with Crippen molar-refractivity contribution in [2.45, 2.75) is 6.92 Å². The average molecular weight is 230 g/mol. The van der Waals surface area contributed by atoms with Crippen LogP contribution < -0.4 is 5.48 Å². The van der Waals surface area contributed by atoms with Crippen LogP contribution in [0.5, 0.6) is 0 Å². The molecule has 0 aliphatic carbocycles. The van der Waals surface area contributed by atoms with E-state index in [9.17, 15) is 14.9 Å². The maximum atomic E-state index is 10.7. The third kappa shape index (κ3) is 2.45. The zero-order valence-corrected chi connectivity index (χ0v) is 8.63. The van der Waals surface area contributed by atoms with E-state index in [2.05, 4.69) is 15.4 Å². The minimum atomic E-state index is -1.19. The summed E-state index contributed by atoms with van der Waals surface area (Å²) >= 11 is 0. The monoisotopic (exact) mass is 230 g/mol. The van der Waals surface area contributed by atoms with Crippen LogP contribution in [-0.2, 0) is 16.7 Å². The van der Waals surface area contributed by atoms with E-state index in [0.717, 1.165) is 0 Å². The fourth-order valence-corrected chi connectivity index (χ4v) is 1.15. The fourth-order valence-electron chi connectivity index (χ4n) is 1.15. The van der Waals surface area contributed by atoms with Crippen molar-refractivity contribution in [1.29, 1.82) is 0 Å². The molecule has 0 radical (unpaired) electrons. The van der Waals surface area contributed by atoms with Gasteiger partial charge in [-0.2, -0.15) is 5.10 Å². The van der Waals surface area contributed by atoms with E-state index in [1.54, 1.807) is 0 Å². The number of carbonyl (C=O) groups is 1. The van der Waals surface area contributed by atoms with E-state index < -0.39 is 17.5 Å². The van der Waals surface area contributed by atoms with Gasteiger partial charge in [0.25, 0.3) is 0 Å². The van der Waals surface area contributed by atoms with Gasteiger partial charge in [-0.25, -0.2) is 15.0 Å². The molecule has 0 saturated carbocycles. The molecule has 2 N–H and O–H groups in total. The maximum absolute atomic E-state index is 10.7. The molecule has 1 rings (SSSR count). The third-order valence-corrected chi connectivity index (χ3v) is 1.74. The molecule has 0 unspecified atom stereocenters. The number of nitro groups is 1. The first-order valence-corrected chi connectivity index (χ1v) is 4.21. The standard InChI is InChI=1S/C7H10N4O5/c1-4-6(11(14)15)7(10(2)8-4)9-16-3-5(12)13/h9H,3H2,1-2H3,(H,12,13). The zero-order valence-electron chi connectivity index (χ0n) is 8.63. The molecule has 9 nitrogen and oxygen atoms in total. The number of carboxylic acids is 1. The quantitative estimate of drug-likeness (QED) is 0.542. The van der Waals surface area contributed by atoms with Crippen LogP contribution in [0.4, 0.5) is 11.5 Å². The first-order valence-electron chi connectivity index (χ1n) is 4.21. The van der Waals surface area contributed by atoms with E-state index in [0.29, 0.717) is 0 Å². The molecular formula is C7H10N4O5. The van der Waals surface area contributed by atoms with Gasteiger partial charge in [-0.3, -0.25) is 15.0 Å². The van der Waals surface area contributed by atoms with Gasteiger partial charge in [0.2, 0.25) is 5.82 Å². The lowest BCUT2D eigenvalue weighted by Crippen LogP contribution is -2.13. The maximum Gasteiger partial charge on any atom is 0.335 e. The Morgan fingerprint density at radius 1 is 1.75 bits per heavy atom. The Kier molecular flexibility index (Phi) is 3.40. The molecule has 88 valence electrons. The van der Waals surface area contributed by atoms with Crippen LogP contribution in [0.3, 0.4) is 0 Å². The second kappa shape index (κ2) is 4.57. The van der Waals surface area contributed by atoms with E-state index in [1.165, 1.54) is 18.7 Å². The lowest BCUT2D eigenvalue weighted by molar-refractivity contribution is -0.384. The van der Waals surface area contributed by atoms with Crippen LogP contribution >= 0.6 is 0 Å². The summed E-state index contributed by atoms with van der Waals surface area (Å²) in [7, 11) is 1.48. The lowest BCUT2D eigenvalue weighted by atomic mass is 10.4. The molecule has 0 aromatic carbocycles. The molecule has 1 aromatic rings. The predicted molar refractivity (Wildman–Crippen MR) is 51.8 cm³/mol. The summed E-state index contributed by atoms with van der Waals surface area (Å²) in [6, 6.07) is 0. The normalized spacial score (nSPS) is 10.1. The number of anilines is 1. The highest BCUT2D eigenvalue weighted by Gasteiger charge is 2.24. The topological polar surface area (TPSA) is 120 Å². The highest BCUT2D eigenvalue weighted by Crippen LogP contribution is 2.26. The molecule has 0 saturated heterocycles. The second-order valence-electron chi connectivity index (χ2n) is 2.95. The Labute approximate surface area is 89.7 Å². The van der Waals surface area contributed by atoms with Crippen molar-refractivity contribution >= 4 is 17.5 Å². The number of hydrogen-bond donors (Lipinski definition) is 2. The Morgan fingerprint density at radius 2 is 2.38 bits per heavy atom. The highest BCUT2D eigenvalue weighted by molar-refractivity contribution is 5.68. The fraction of sp³-hybridized carbons (Fsp3) is 0.429. The minimum Gasteiger partial charge on any atom is -0.479 e. The number of aryl methyl sites for hydroxylation is 2. The van der Waals surface area contributed by atoms with Crippen LogP contribution in [0.2, 0.25) is 0 Å². The number of nitrogens with zero attached hydrogens (tertiary/aromatic N) is 3. The van der Waals surface area contributed by atoms with Crippen molar-refractivity contribution in [3.8, 4) is 0 Å². The van der Waals surface area contributed by atoms with Gasteiger partial charge in [0.05, 0.1) is 4.92 Å². The van der Waals surface area contributed by atoms with Crippen LogP contribution in [0, 0.1) is 17.0 Å². The molecule has 16 heavy (non-hydrogen) atoms. The number of hydrogen-bond acceptors (Lipinski definition) is 6. The predicted octanol–water partition coefficient (Wildman–Crippen LogP) is 0.0648. The van der Waals surface area contributed by atoms with Crippen molar-refractivity contribution in [3.05, 3.63) is 15.8 Å². The summed E-state index contributed by atoms with van der Waals surface area (Å²) in [5.41, 5.74) is 2.17. The summed E-state index contributed by atoms with van der Waals surface area (Å²) in [5, 5.41) is 22.8. The molecule has 0 bridgehead atoms. The van der Waals surface area contributed by atoms with Crippen molar-refractivity contribution in [1.82, 2.24) is 9.78 Å². The van der Waals surface area contributed by atoms with Crippen LogP contribution in [-0.4, -0.2) is 32.4 Å². The van der Waals surface area contributed by atoms with Crippen molar-refractivity contribution in [2.75, 3.05) is 12.1 Å². The van der Waals surface area contributed by atoms with Gasteiger partial charge >= 0.3 is 11.7 Å². The number of nitrogens with one attached hydrogen (secondary N) is 1. The molecule has 1 heterocycles. The lowest BCUT2D eigenvalue weighted by Gasteiger charge is -2.03. The van der Waals surface area contributed by atoms with Crippen LogP contribution in [0.25, 0.3) is 0 Å². The Balaban J connectivity index is 2.86. The molecule has 0 amide bonds. The summed E-state index contributed by atoms with van der Waals surface area (Å²) in [6.45, 7) is 0.863. The molecule has 0 aliphatic rings. The summed E-state index contributed by atoms with van der Waals surface area (Å²) in [5.74, 6) is -1.18.